The third kappa shape index (κ3) is 2.95. The average Bonchev–Trinajstić information content (AvgIpc) is 3.28. The number of ether oxygens (including phenoxy) is 3. The molecule has 2 aliphatic heterocycles. The Morgan fingerprint density at radius 3 is 2.64 bits per heavy atom. The van der Waals surface area contributed by atoms with Gasteiger partial charge in [0.25, 0.3) is 0 Å². The van der Waals surface area contributed by atoms with Crippen LogP contribution in [0.4, 0.5) is 0 Å². The van der Waals surface area contributed by atoms with Crippen LogP contribution in [0.25, 0.3) is 0 Å². The van der Waals surface area contributed by atoms with Crippen LogP contribution in [0, 0.1) is 6.92 Å². The van der Waals surface area contributed by atoms with E-state index in [1.807, 2.05) is 0 Å². The molecule has 132 valence electrons. The monoisotopic (exact) mass is 339 g/mol. The molecule has 0 spiro atoms. The van der Waals surface area contributed by atoms with Crippen molar-refractivity contribution in [3.63, 3.8) is 0 Å². The first kappa shape index (κ1) is 16.3. The molecule has 0 amide bonds. The number of hydrogen-bond acceptors (Lipinski definition) is 4. The summed E-state index contributed by atoms with van der Waals surface area (Å²) < 4.78 is 16.6. The first-order valence-corrected chi connectivity index (χ1v) is 8.97. The minimum atomic E-state index is 0.271. The Labute approximate surface area is 149 Å². The molecule has 2 aliphatic rings. The first-order chi connectivity index (χ1) is 12.2. The molecule has 4 rings (SSSR count). The van der Waals surface area contributed by atoms with Crippen molar-refractivity contribution < 1.29 is 14.2 Å². The van der Waals surface area contributed by atoms with E-state index < -0.39 is 0 Å². The largest absolute Gasteiger partial charge is 0.493 e. The van der Waals surface area contributed by atoms with Gasteiger partial charge in [-0.05, 0) is 49.1 Å². The Hall–Kier alpha value is -2.20. The molecule has 4 nitrogen and oxygen atoms in total. The summed E-state index contributed by atoms with van der Waals surface area (Å²) in [7, 11) is 1.68. The van der Waals surface area contributed by atoms with Crippen LogP contribution in [0.5, 0.6) is 17.2 Å². The molecule has 0 saturated carbocycles. The molecule has 0 aliphatic carbocycles. The fraction of sp³-hybridized carbons (Fsp3) is 0.429. The summed E-state index contributed by atoms with van der Waals surface area (Å²) in [5.74, 6) is 2.77. The summed E-state index contributed by atoms with van der Waals surface area (Å²) >= 11 is 0. The third-order valence-corrected chi connectivity index (χ3v) is 5.42. The van der Waals surface area contributed by atoms with Crippen LogP contribution in [0.15, 0.2) is 36.4 Å². The molecule has 2 heterocycles. The zero-order valence-corrected chi connectivity index (χ0v) is 15.1. The van der Waals surface area contributed by atoms with Gasteiger partial charge in [-0.1, -0.05) is 36.8 Å². The number of benzene rings is 2. The Bertz CT molecular complexity index is 756. The molecule has 2 aromatic carbocycles. The van der Waals surface area contributed by atoms with Crippen molar-refractivity contribution in [2.75, 3.05) is 27.0 Å². The third-order valence-electron chi connectivity index (χ3n) is 5.42. The van der Waals surface area contributed by atoms with Gasteiger partial charge in [0.05, 0.1) is 7.11 Å². The average molecular weight is 339 g/mol. The predicted octanol–water partition coefficient (Wildman–Crippen LogP) is 4.28. The Morgan fingerprint density at radius 1 is 1.12 bits per heavy atom. The Balaban J connectivity index is 1.63. The topological polar surface area (TPSA) is 30.9 Å². The van der Waals surface area contributed by atoms with E-state index in [9.17, 15) is 0 Å². The molecule has 2 aromatic rings. The van der Waals surface area contributed by atoms with Gasteiger partial charge < -0.3 is 14.2 Å². The molecule has 0 aromatic heterocycles. The minimum absolute atomic E-state index is 0.271. The first-order valence-electron chi connectivity index (χ1n) is 8.97. The van der Waals surface area contributed by atoms with E-state index in [4.69, 9.17) is 14.2 Å². The molecular formula is C21H25NO3. The van der Waals surface area contributed by atoms with Crippen molar-refractivity contribution >= 4 is 0 Å². The van der Waals surface area contributed by atoms with Crippen molar-refractivity contribution in [1.29, 1.82) is 0 Å². The molecule has 0 radical (unpaired) electrons. The van der Waals surface area contributed by atoms with Gasteiger partial charge in [0.15, 0.2) is 11.5 Å². The summed E-state index contributed by atoms with van der Waals surface area (Å²) in [5, 5.41) is 0. The zero-order valence-electron chi connectivity index (χ0n) is 15.1. The second-order valence-corrected chi connectivity index (χ2v) is 6.90. The molecule has 4 heteroatoms. The summed E-state index contributed by atoms with van der Waals surface area (Å²) in [5.41, 5.74) is 3.98. The highest BCUT2D eigenvalue weighted by Crippen LogP contribution is 2.47. The van der Waals surface area contributed by atoms with E-state index in [0.717, 1.165) is 36.8 Å². The fourth-order valence-electron chi connectivity index (χ4n) is 4.02. The maximum atomic E-state index is 5.60. The number of methoxy groups -OCH3 is 1. The molecule has 1 fully saturated rings. The maximum absolute atomic E-state index is 5.60. The second kappa shape index (κ2) is 6.60. The maximum Gasteiger partial charge on any atom is 0.231 e. The van der Waals surface area contributed by atoms with Crippen LogP contribution >= 0.6 is 0 Å². The van der Waals surface area contributed by atoms with Crippen LogP contribution in [-0.2, 0) is 0 Å². The van der Waals surface area contributed by atoms with Crippen LogP contribution in [-0.4, -0.2) is 31.9 Å². The Morgan fingerprint density at radius 2 is 1.92 bits per heavy atom. The highest BCUT2D eigenvalue weighted by molar-refractivity contribution is 5.56. The van der Waals surface area contributed by atoms with Gasteiger partial charge in [0.1, 0.15) is 0 Å². The number of aryl methyl sites for hydroxylation is 1. The second-order valence-electron chi connectivity index (χ2n) is 6.90. The van der Waals surface area contributed by atoms with Gasteiger partial charge in [-0.2, -0.15) is 0 Å². The minimum Gasteiger partial charge on any atom is -0.493 e. The van der Waals surface area contributed by atoms with Gasteiger partial charge in [0, 0.05) is 12.6 Å². The van der Waals surface area contributed by atoms with Crippen molar-refractivity contribution in [2.24, 2.45) is 0 Å². The number of likely N-dealkylation sites (tertiary alicyclic amines) is 1. The number of rotatable bonds is 4. The normalized spacial score (nSPS) is 22.4. The van der Waals surface area contributed by atoms with E-state index >= 15 is 0 Å². The van der Waals surface area contributed by atoms with Gasteiger partial charge in [-0.25, -0.2) is 0 Å². The Kier molecular flexibility index (Phi) is 4.30. The predicted molar refractivity (Wildman–Crippen MR) is 97.6 cm³/mol. The lowest BCUT2D eigenvalue weighted by atomic mass is 9.93. The van der Waals surface area contributed by atoms with Crippen LogP contribution in [0.2, 0.25) is 0 Å². The molecular weight excluding hydrogens is 314 g/mol. The molecule has 25 heavy (non-hydrogen) atoms. The van der Waals surface area contributed by atoms with Crippen molar-refractivity contribution in [1.82, 2.24) is 4.90 Å². The molecule has 2 atom stereocenters. The summed E-state index contributed by atoms with van der Waals surface area (Å²) in [6, 6.07) is 13.7. The molecule has 0 bridgehead atoms. The van der Waals surface area contributed by atoms with Gasteiger partial charge >= 0.3 is 0 Å². The van der Waals surface area contributed by atoms with Crippen molar-refractivity contribution in [2.45, 2.75) is 32.2 Å². The number of nitrogens with zero attached hydrogens (tertiary/aromatic N) is 1. The van der Waals surface area contributed by atoms with Gasteiger partial charge in [0.2, 0.25) is 12.5 Å². The van der Waals surface area contributed by atoms with E-state index in [1.54, 1.807) is 7.11 Å². The quantitative estimate of drug-likeness (QED) is 0.832. The highest BCUT2D eigenvalue weighted by Gasteiger charge is 2.34. The van der Waals surface area contributed by atoms with E-state index in [2.05, 4.69) is 55.1 Å². The smallest absolute Gasteiger partial charge is 0.231 e. The lowest BCUT2D eigenvalue weighted by molar-refractivity contribution is 0.171. The van der Waals surface area contributed by atoms with Crippen molar-refractivity contribution in [3.8, 4) is 17.2 Å². The molecule has 1 unspecified atom stereocenters. The fourth-order valence-corrected chi connectivity index (χ4v) is 4.02. The van der Waals surface area contributed by atoms with Crippen molar-refractivity contribution in [3.05, 3.63) is 53.1 Å². The van der Waals surface area contributed by atoms with Gasteiger partial charge in [-0.15, -0.1) is 0 Å². The lowest BCUT2D eigenvalue weighted by Gasteiger charge is -2.23. The summed E-state index contributed by atoms with van der Waals surface area (Å²) in [6.45, 7) is 6.75. The summed E-state index contributed by atoms with van der Waals surface area (Å²) in [4.78, 5) is 2.56. The molecule has 0 N–H and O–H groups in total. The van der Waals surface area contributed by atoms with Crippen LogP contribution < -0.4 is 14.2 Å². The zero-order chi connectivity index (χ0) is 17.4. The SMILES string of the molecule is CCN1C[C@H](c2cc(OC)c3c(c2)OCO3)CC1c1ccc(C)cc1. The lowest BCUT2D eigenvalue weighted by Crippen LogP contribution is -2.23. The van der Waals surface area contributed by atoms with Crippen LogP contribution in [0.1, 0.15) is 42.0 Å². The van der Waals surface area contributed by atoms with E-state index in [0.29, 0.717) is 12.0 Å². The van der Waals surface area contributed by atoms with Gasteiger partial charge in [-0.3, -0.25) is 4.90 Å². The number of fused-ring (bicyclic) bond motifs is 1. The summed E-state index contributed by atoms with van der Waals surface area (Å²) in [6.07, 6.45) is 1.11. The van der Waals surface area contributed by atoms with E-state index in [-0.39, 0.29) is 6.79 Å². The van der Waals surface area contributed by atoms with Crippen LogP contribution in [0.3, 0.4) is 0 Å². The number of hydrogen-bond donors (Lipinski definition) is 0. The molecule has 1 saturated heterocycles. The highest BCUT2D eigenvalue weighted by atomic mass is 16.7. The standard InChI is InChI=1S/C21H25NO3/c1-4-22-12-17(9-18(22)15-7-5-14(2)6-8-15)16-10-19(23-3)21-20(11-16)24-13-25-21/h5-8,10-11,17-18H,4,9,12-13H2,1-3H3/t17-,18?/m1/s1. The van der Waals surface area contributed by atoms with E-state index in [1.165, 1.54) is 16.7 Å². The number of likely N-dealkylation sites (N-methyl/N-ethyl adjacent to an activating group) is 1.